The summed E-state index contributed by atoms with van der Waals surface area (Å²) in [5, 5.41) is 13.3. The third kappa shape index (κ3) is 3.25. The Bertz CT molecular complexity index is 429. The van der Waals surface area contributed by atoms with Crippen LogP contribution in [0.4, 0.5) is 0 Å². The molecule has 0 aliphatic rings. The summed E-state index contributed by atoms with van der Waals surface area (Å²) in [4.78, 5) is 23.4. The van der Waals surface area contributed by atoms with Crippen molar-refractivity contribution in [3.63, 3.8) is 0 Å². The lowest BCUT2D eigenvalue weighted by molar-refractivity contribution is -0.124. The first-order chi connectivity index (χ1) is 8.47. The Morgan fingerprint density at radius 3 is 2.61 bits per heavy atom. The predicted molar refractivity (Wildman–Crippen MR) is 61.8 cm³/mol. The first kappa shape index (κ1) is 14.1. The molecule has 0 bridgehead atoms. The first-order valence-electron chi connectivity index (χ1n) is 5.72. The molecule has 0 spiro atoms. The Labute approximate surface area is 105 Å². The lowest BCUT2D eigenvalue weighted by Crippen LogP contribution is -2.37. The third-order valence-corrected chi connectivity index (χ3v) is 2.13. The van der Waals surface area contributed by atoms with E-state index in [4.69, 9.17) is 4.74 Å². The number of ether oxygens (including phenoxy) is 1. The van der Waals surface area contributed by atoms with E-state index in [9.17, 15) is 9.59 Å². The molecule has 1 rings (SSSR count). The summed E-state index contributed by atoms with van der Waals surface area (Å²) in [6, 6.07) is -0.677. The minimum atomic E-state index is -0.679. The Morgan fingerprint density at radius 1 is 1.39 bits per heavy atom. The fourth-order valence-corrected chi connectivity index (χ4v) is 1.30. The summed E-state index contributed by atoms with van der Waals surface area (Å²) in [7, 11) is 0. The van der Waals surface area contributed by atoms with E-state index in [1.165, 1.54) is 0 Å². The van der Waals surface area contributed by atoms with E-state index in [0.29, 0.717) is 0 Å². The van der Waals surface area contributed by atoms with Gasteiger partial charge in [0.2, 0.25) is 5.91 Å². The molecule has 8 heteroatoms. The number of aromatic nitrogens is 4. The van der Waals surface area contributed by atoms with Crippen LogP contribution in [0.15, 0.2) is 0 Å². The van der Waals surface area contributed by atoms with Crippen LogP contribution in [-0.4, -0.2) is 44.7 Å². The maximum absolute atomic E-state index is 11.8. The molecule has 1 N–H and O–H groups in total. The Balaban J connectivity index is 2.86. The lowest BCUT2D eigenvalue weighted by Gasteiger charge is -2.15. The Morgan fingerprint density at radius 2 is 2.06 bits per heavy atom. The molecule has 1 aromatic heterocycles. The summed E-state index contributed by atoms with van der Waals surface area (Å²) >= 11 is 0. The second kappa shape index (κ2) is 6.08. The molecule has 0 saturated heterocycles. The van der Waals surface area contributed by atoms with Crippen molar-refractivity contribution in [1.82, 2.24) is 25.5 Å². The standard InChI is InChI=1S/C10H17N5O3/c1-5-18-10(17)8-12-13-14-15(8)7(4)9(16)11-6(2)3/h6-7H,5H2,1-4H3,(H,11,16). The van der Waals surface area contributed by atoms with Gasteiger partial charge >= 0.3 is 5.97 Å². The first-order valence-corrected chi connectivity index (χ1v) is 5.72. The van der Waals surface area contributed by atoms with Crippen molar-refractivity contribution in [2.45, 2.75) is 39.8 Å². The molecule has 0 aliphatic heterocycles. The molecule has 1 heterocycles. The molecule has 1 atom stereocenters. The van der Waals surface area contributed by atoms with Gasteiger partial charge in [-0.1, -0.05) is 0 Å². The third-order valence-electron chi connectivity index (χ3n) is 2.13. The Hall–Kier alpha value is -1.99. The number of nitrogens with zero attached hydrogens (tertiary/aromatic N) is 4. The second-order valence-corrected chi connectivity index (χ2v) is 4.01. The van der Waals surface area contributed by atoms with Crippen molar-refractivity contribution in [1.29, 1.82) is 0 Å². The van der Waals surface area contributed by atoms with Crippen molar-refractivity contribution < 1.29 is 14.3 Å². The lowest BCUT2D eigenvalue weighted by atomic mass is 10.3. The summed E-state index contributed by atoms with van der Waals surface area (Å²) in [5.41, 5.74) is 0. The van der Waals surface area contributed by atoms with E-state index >= 15 is 0 Å². The van der Waals surface area contributed by atoms with Gasteiger partial charge in [0.15, 0.2) is 0 Å². The maximum Gasteiger partial charge on any atom is 0.378 e. The van der Waals surface area contributed by atoms with E-state index in [-0.39, 0.29) is 24.4 Å². The number of esters is 1. The van der Waals surface area contributed by atoms with E-state index in [1.54, 1.807) is 13.8 Å². The van der Waals surface area contributed by atoms with Crippen molar-refractivity contribution >= 4 is 11.9 Å². The van der Waals surface area contributed by atoms with Crippen molar-refractivity contribution in [3.05, 3.63) is 5.82 Å². The van der Waals surface area contributed by atoms with Crippen LogP contribution < -0.4 is 5.32 Å². The van der Waals surface area contributed by atoms with E-state index in [2.05, 4.69) is 20.8 Å². The van der Waals surface area contributed by atoms with Crippen LogP contribution >= 0.6 is 0 Å². The molecule has 0 radical (unpaired) electrons. The van der Waals surface area contributed by atoms with Gasteiger partial charge in [-0.25, -0.2) is 9.48 Å². The highest BCUT2D eigenvalue weighted by molar-refractivity contribution is 5.87. The Kier molecular flexibility index (Phi) is 4.75. The van der Waals surface area contributed by atoms with Gasteiger partial charge in [0.1, 0.15) is 6.04 Å². The average Bonchev–Trinajstić information content (AvgIpc) is 2.76. The van der Waals surface area contributed by atoms with Gasteiger partial charge in [0, 0.05) is 6.04 Å². The summed E-state index contributed by atoms with van der Waals surface area (Å²) < 4.78 is 5.95. The monoisotopic (exact) mass is 255 g/mol. The number of amides is 1. The molecule has 0 fully saturated rings. The largest absolute Gasteiger partial charge is 0.460 e. The zero-order valence-electron chi connectivity index (χ0n) is 10.9. The second-order valence-electron chi connectivity index (χ2n) is 4.01. The minimum absolute atomic E-state index is 0.00229. The zero-order valence-corrected chi connectivity index (χ0v) is 10.9. The van der Waals surface area contributed by atoms with Gasteiger partial charge in [-0.3, -0.25) is 4.79 Å². The van der Waals surface area contributed by atoms with E-state index in [1.807, 2.05) is 13.8 Å². The number of carbonyl (C=O) groups is 2. The van der Waals surface area contributed by atoms with Gasteiger partial charge in [0.25, 0.3) is 5.82 Å². The SMILES string of the molecule is CCOC(=O)c1nnnn1C(C)C(=O)NC(C)C. The fourth-order valence-electron chi connectivity index (χ4n) is 1.30. The van der Waals surface area contributed by atoms with E-state index < -0.39 is 12.0 Å². The molecule has 0 aliphatic carbocycles. The van der Waals surface area contributed by atoms with Gasteiger partial charge in [0.05, 0.1) is 6.61 Å². The topological polar surface area (TPSA) is 99.0 Å². The zero-order chi connectivity index (χ0) is 13.7. The van der Waals surface area contributed by atoms with Crippen LogP contribution in [0.2, 0.25) is 0 Å². The highest BCUT2D eigenvalue weighted by Crippen LogP contribution is 2.07. The number of hydrogen-bond donors (Lipinski definition) is 1. The molecular weight excluding hydrogens is 238 g/mol. The molecule has 1 unspecified atom stereocenters. The molecule has 1 amide bonds. The molecular formula is C10H17N5O3. The van der Waals surface area contributed by atoms with Crippen LogP contribution in [-0.2, 0) is 9.53 Å². The minimum Gasteiger partial charge on any atom is -0.460 e. The van der Waals surface area contributed by atoms with Crippen LogP contribution in [0.25, 0.3) is 0 Å². The van der Waals surface area contributed by atoms with Crippen LogP contribution in [0.1, 0.15) is 44.4 Å². The van der Waals surface area contributed by atoms with Crippen LogP contribution in [0.5, 0.6) is 0 Å². The number of carbonyl (C=O) groups excluding carboxylic acids is 2. The van der Waals surface area contributed by atoms with Crippen molar-refractivity contribution in [2.24, 2.45) is 0 Å². The predicted octanol–water partition coefficient (Wildman–Crippen LogP) is -0.0646. The number of tetrazole rings is 1. The summed E-state index contributed by atoms with van der Waals surface area (Å²) in [5.74, 6) is -0.988. The smallest absolute Gasteiger partial charge is 0.378 e. The molecule has 0 aromatic carbocycles. The average molecular weight is 255 g/mol. The molecule has 1 aromatic rings. The van der Waals surface area contributed by atoms with Crippen LogP contribution in [0, 0.1) is 0 Å². The molecule has 100 valence electrons. The van der Waals surface area contributed by atoms with Gasteiger partial charge in [-0.2, -0.15) is 0 Å². The fraction of sp³-hybridized carbons (Fsp3) is 0.700. The summed E-state index contributed by atoms with van der Waals surface area (Å²) in [6.45, 7) is 7.20. The highest BCUT2D eigenvalue weighted by atomic mass is 16.5. The normalized spacial score (nSPS) is 12.3. The quantitative estimate of drug-likeness (QED) is 0.740. The van der Waals surface area contributed by atoms with E-state index in [0.717, 1.165) is 4.68 Å². The van der Waals surface area contributed by atoms with Crippen LogP contribution in [0.3, 0.4) is 0 Å². The van der Waals surface area contributed by atoms with Gasteiger partial charge in [-0.05, 0) is 38.1 Å². The number of rotatable bonds is 5. The van der Waals surface area contributed by atoms with Gasteiger partial charge < -0.3 is 10.1 Å². The summed E-state index contributed by atoms with van der Waals surface area (Å²) in [6.07, 6.45) is 0. The molecule has 18 heavy (non-hydrogen) atoms. The van der Waals surface area contributed by atoms with Crippen molar-refractivity contribution in [2.75, 3.05) is 6.61 Å². The molecule has 8 nitrogen and oxygen atoms in total. The number of hydrogen-bond acceptors (Lipinski definition) is 6. The van der Waals surface area contributed by atoms with Gasteiger partial charge in [-0.15, -0.1) is 5.10 Å². The maximum atomic E-state index is 11.8. The molecule has 0 saturated carbocycles. The number of nitrogens with one attached hydrogen (secondary N) is 1. The van der Waals surface area contributed by atoms with Crippen molar-refractivity contribution in [3.8, 4) is 0 Å². The highest BCUT2D eigenvalue weighted by Gasteiger charge is 2.25.